The van der Waals surface area contributed by atoms with Crippen LogP contribution in [0.3, 0.4) is 0 Å². The SMILES string of the molecule is C.FC(F)(F)C(CCI)CC(CC(F)(C(F)(F)F)C(F)(F)F)C(F)(F)F.FC(F)(F)C(CCS)CC(CC(F)(C(F)(F)F)C(F)(F)F)C(F)(F)F.[Na+].[OH-]. The molecule has 30 heteroatoms. The van der Waals surface area contributed by atoms with Crippen molar-refractivity contribution in [2.24, 2.45) is 23.7 Å². The molecule has 0 bridgehead atoms. The summed E-state index contributed by atoms with van der Waals surface area (Å²) in [6.07, 6.45) is -62.4. The predicted octanol–water partition coefficient (Wildman–Crippen LogP) is 10.5. The maximum atomic E-state index is 13.5. The number of hydrogen-bond donors (Lipinski definition) is 1. The van der Waals surface area contributed by atoms with Gasteiger partial charge in [0.25, 0.3) is 11.3 Å². The van der Waals surface area contributed by atoms with Crippen molar-refractivity contribution in [3.63, 3.8) is 0 Å². The summed E-state index contributed by atoms with van der Waals surface area (Å²) >= 11 is 4.70. The molecule has 0 saturated heterocycles. The summed E-state index contributed by atoms with van der Waals surface area (Å²) in [5.74, 6) is -13.9. The summed E-state index contributed by atoms with van der Waals surface area (Å²) in [5.41, 5.74) is -12.6. The molecular formula is C23H26F26INaOS. The first-order valence-electron chi connectivity index (χ1n) is 12.6. The van der Waals surface area contributed by atoms with E-state index in [-0.39, 0.29) is 46.9 Å². The monoisotopic (exact) mass is 994 g/mol. The first-order chi connectivity index (χ1) is 21.5. The molecule has 0 spiro atoms. The molecule has 0 aliphatic carbocycles. The first kappa shape index (κ1) is 62.4. The fourth-order valence-corrected chi connectivity index (χ4v) is 5.00. The van der Waals surface area contributed by atoms with Gasteiger partial charge in [-0.2, -0.15) is 118 Å². The molecule has 0 radical (unpaired) electrons. The third-order valence-corrected chi connectivity index (χ3v) is 7.66. The van der Waals surface area contributed by atoms with Crippen molar-refractivity contribution in [3.8, 4) is 0 Å². The quantitative estimate of drug-likeness (QED) is 0.0682. The van der Waals surface area contributed by atoms with E-state index < -0.39 is 129 Å². The minimum atomic E-state index is -6.79. The van der Waals surface area contributed by atoms with Crippen molar-refractivity contribution in [1.82, 2.24) is 0 Å². The molecule has 0 aromatic rings. The van der Waals surface area contributed by atoms with Gasteiger partial charge in [0, 0.05) is 17.3 Å². The number of hydrogen-bond acceptors (Lipinski definition) is 2. The molecule has 0 fully saturated rings. The summed E-state index contributed by atoms with van der Waals surface area (Å²) in [5, 5.41) is 0. The van der Waals surface area contributed by atoms with Crippen LogP contribution in [0.1, 0.15) is 46.0 Å². The van der Waals surface area contributed by atoms with Gasteiger partial charge in [-0.15, -0.1) is 0 Å². The Kier molecular flexibility index (Phi) is 25.1. The zero-order chi connectivity index (χ0) is 41.0. The Morgan fingerprint density at radius 1 is 0.396 bits per heavy atom. The van der Waals surface area contributed by atoms with Crippen LogP contribution in [0.4, 0.5) is 114 Å². The third-order valence-electron chi connectivity index (χ3n) is 6.78. The zero-order valence-electron chi connectivity index (χ0n) is 25.1. The zero-order valence-corrected chi connectivity index (χ0v) is 30.1. The number of alkyl halides is 27. The standard InChI is InChI=1S/C11H10F13I.C11H11F13S.CH4.Na.H2O/c2*12-7(10(19,20)21,11(22,23)24)4-6(9(16,17)18)3-5(1-2-25)8(13,14)15;;;/h5-6H,1-4H2;5-6,25H,1-4H2;1H4;;1H2/q;;;+1;/p-1. The van der Waals surface area contributed by atoms with Crippen molar-refractivity contribution in [3.05, 3.63) is 0 Å². The molecule has 0 heterocycles. The van der Waals surface area contributed by atoms with Crippen LogP contribution in [-0.4, -0.2) is 76.4 Å². The van der Waals surface area contributed by atoms with E-state index in [0.29, 0.717) is 0 Å². The van der Waals surface area contributed by atoms with E-state index >= 15 is 0 Å². The third kappa shape index (κ3) is 18.6. The van der Waals surface area contributed by atoms with Gasteiger partial charge in [-0.3, -0.25) is 0 Å². The van der Waals surface area contributed by atoms with Crippen molar-refractivity contribution >= 4 is 35.2 Å². The van der Waals surface area contributed by atoms with Crippen LogP contribution in [0, 0.1) is 23.7 Å². The average Bonchev–Trinajstić information content (AvgIpc) is 2.82. The van der Waals surface area contributed by atoms with Crippen molar-refractivity contribution in [2.45, 2.75) is 107 Å². The van der Waals surface area contributed by atoms with Crippen LogP contribution in [0.5, 0.6) is 0 Å². The van der Waals surface area contributed by atoms with Crippen LogP contribution >= 0.6 is 35.2 Å². The normalized spacial score (nSPS) is 16.5. The second kappa shape index (κ2) is 21.3. The first-order valence-corrected chi connectivity index (χ1v) is 14.8. The molecule has 320 valence electrons. The van der Waals surface area contributed by atoms with Gasteiger partial charge in [-0.25, -0.2) is 8.78 Å². The number of thiol groups is 1. The molecule has 1 N–H and O–H groups in total. The fraction of sp³-hybridized carbons (Fsp3) is 1.00. The molecule has 0 saturated carbocycles. The molecule has 0 aliphatic rings. The van der Waals surface area contributed by atoms with Gasteiger partial charge >= 0.3 is 79.0 Å². The van der Waals surface area contributed by atoms with Crippen LogP contribution in [0.2, 0.25) is 0 Å². The van der Waals surface area contributed by atoms with Gasteiger partial charge in [-0.05, 0) is 31.4 Å². The van der Waals surface area contributed by atoms with Crippen molar-refractivity contribution in [2.75, 3.05) is 10.2 Å². The largest absolute Gasteiger partial charge is 1.00 e. The summed E-state index contributed by atoms with van der Waals surface area (Å²) in [7, 11) is 0. The van der Waals surface area contributed by atoms with Crippen LogP contribution in [0.15, 0.2) is 0 Å². The van der Waals surface area contributed by atoms with Gasteiger partial charge in [0.15, 0.2) is 0 Å². The van der Waals surface area contributed by atoms with Gasteiger partial charge in [0.2, 0.25) is 0 Å². The van der Waals surface area contributed by atoms with E-state index in [1.807, 2.05) is 0 Å². The molecule has 0 amide bonds. The smallest absolute Gasteiger partial charge is 0.870 e. The van der Waals surface area contributed by atoms with Crippen LogP contribution < -0.4 is 29.6 Å². The minimum absolute atomic E-state index is 0. The molecule has 0 rings (SSSR count). The number of rotatable bonds is 12. The molecule has 0 aromatic carbocycles. The maximum Gasteiger partial charge on any atom is 1.00 e. The molecule has 0 aromatic heterocycles. The van der Waals surface area contributed by atoms with Gasteiger partial charge < -0.3 is 5.48 Å². The summed E-state index contributed by atoms with van der Waals surface area (Å²) in [4.78, 5) is 0. The molecular weight excluding hydrogens is 968 g/mol. The maximum absolute atomic E-state index is 13.5. The Balaban J connectivity index is -0.000000274. The Labute approximate surface area is 323 Å². The van der Waals surface area contributed by atoms with Crippen LogP contribution in [-0.2, 0) is 0 Å². The van der Waals surface area contributed by atoms with Gasteiger partial charge in [0.1, 0.15) is 0 Å². The van der Waals surface area contributed by atoms with Crippen molar-refractivity contribution in [1.29, 1.82) is 0 Å². The topological polar surface area (TPSA) is 30.0 Å². The molecule has 1 nitrogen and oxygen atoms in total. The molecule has 53 heavy (non-hydrogen) atoms. The van der Waals surface area contributed by atoms with E-state index in [2.05, 4.69) is 12.6 Å². The van der Waals surface area contributed by atoms with Gasteiger partial charge in [-0.1, -0.05) is 30.0 Å². The molecule has 4 atom stereocenters. The average molecular weight is 994 g/mol. The van der Waals surface area contributed by atoms with Crippen molar-refractivity contribution < 1.29 is 149 Å². The summed E-state index contributed by atoms with van der Waals surface area (Å²) in [6.45, 7) is 0. The molecule has 4 unspecified atom stereocenters. The second-order valence-corrected chi connectivity index (χ2v) is 11.9. The van der Waals surface area contributed by atoms with E-state index in [0.717, 1.165) is 0 Å². The fourth-order valence-electron chi connectivity index (χ4n) is 3.93. The Bertz CT molecular complexity index is 901. The van der Waals surface area contributed by atoms with E-state index in [1.54, 1.807) is 0 Å². The van der Waals surface area contributed by atoms with E-state index in [4.69, 9.17) is 0 Å². The number of halogens is 27. The minimum Gasteiger partial charge on any atom is -0.870 e. The second-order valence-electron chi connectivity index (χ2n) is 10.4. The summed E-state index contributed by atoms with van der Waals surface area (Å²) in [6, 6.07) is 0. The summed E-state index contributed by atoms with van der Waals surface area (Å²) < 4.78 is 327. The van der Waals surface area contributed by atoms with Crippen LogP contribution in [0.25, 0.3) is 0 Å². The Morgan fingerprint density at radius 3 is 0.755 bits per heavy atom. The Morgan fingerprint density at radius 2 is 0.604 bits per heavy atom. The van der Waals surface area contributed by atoms with E-state index in [9.17, 15) is 114 Å². The molecule has 0 aliphatic heterocycles. The van der Waals surface area contributed by atoms with E-state index in [1.165, 1.54) is 22.6 Å². The predicted molar refractivity (Wildman–Crippen MR) is 139 cm³/mol. The Hall–Kier alpha value is 0.220. The van der Waals surface area contributed by atoms with Gasteiger partial charge in [0.05, 0.1) is 23.7 Å².